The lowest BCUT2D eigenvalue weighted by molar-refractivity contribution is 0.781. The number of benzene rings is 2. The summed E-state index contributed by atoms with van der Waals surface area (Å²) in [5.74, 6) is 0. The van der Waals surface area contributed by atoms with Gasteiger partial charge in [-0.25, -0.2) is 0 Å². The number of unbranched alkanes of at least 4 members (excludes halogenated alkanes) is 3. The summed E-state index contributed by atoms with van der Waals surface area (Å²) >= 11 is 0. The Morgan fingerprint density at radius 3 is 1.63 bits per heavy atom. The topological polar surface area (TPSA) is 52.0 Å². The Labute approximate surface area is 166 Å². The van der Waals surface area contributed by atoms with Crippen molar-refractivity contribution < 1.29 is 0 Å². The van der Waals surface area contributed by atoms with Gasteiger partial charge in [0.05, 0.1) is 0 Å². The molecule has 0 aromatic heterocycles. The van der Waals surface area contributed by atoms with Gasteiger partial charge in [0.2, 0.25) is 0 Å². The molecule has 27 heavy (non-hydrogen) atoms. The Kier molecular flexibility index (Phi) is 8.71. The molecular weight excluding hydrogens is 328 g/mol. The monoisotopic (exact) mass is 366 g/mol. The van der Waals surface area contributed by atoms with Crippen molar-refractivity contribution in [3.05, 3.63) is 58.1 Å². The van der Waals surface area contributed by atoms with Crippen LogP contribution in [0.25, 0.3) is 0 Å². The van der Waals surface area contributed by atoms with E-state index in [0.29, 0.717) is 0 Å². The fraction of sp³-hybridized carbons (Fsp3) is 0.520. The van der Waals surface area contributed by atoms with Gasteiger partial charge in [-0.3, -0.25) is 0 Å². The van der Waals surface area contributed by atoms with E-state index in [-0.39, 0.29) is 0 Å². The Morgan fingerprint density at radius 2 is 1.11 bits per heavy atom. The Hall–Kier alpha value is -1.96. The lowest BCUT2D eigenvalue weighted by Gasteiger charge is -2.15. The van der Waals surface area contributed by atoms with Crippen molar-refractivity contribution in [3.8, 4) is 0 Å². The third-order valence-electron chi connectivity index (χ3n) is 5.43. The molecule has 0 unspecified atom stereocenters. The first-order valence-electron chi connectivity index (χ1n) is 10.9. The van der Waals surface area contributed by atoms with Crippen molar-refractivity contribution in [2.45, 2.75) is 85.0 Å². The second-order valence-corrected chi connectivity index (χ2v) is 7.85. The lowest BCUT2D eigenvalue weighted by atomic mass is 9.92. The van der Waals surface area contributed by atoms with Gasteiger partial charge in [-0.1, -0.05) is 64.3 Å². The normalized spacial score (nSPS) is 11.1. The average molecular weight is 367 g/mol. The molecule has 0 fully saturated rings. The molecule has 4 N–H and O–H groups in total. The highest BCUT2D eigenvalue weighted by Crippen LogP contribution is 2.26. The minimum atomic E-state index is 0.928. The van der Waals surface area contributed by atoms with Gasteiger partial charge in [-0.15, -0.1) is 0 Å². The molecule has 0 aliphatic heterocycles. The van der Waals surface area contributed by atoms with Crippen LogP contribution in [0.15, 0.2) is 30.3 Å². The minimum absolute atomic E-state index is 0.928. The van der Waals surface area contributed by atoms with Crippen LogP contribution < -0.4 is 11.5 Å². The first-order chi connectivity index (χ1) is 13.1. The molecule has 0 bridgehead atoms. The second kappa shape index (κ2) is 11.0. The van der Waals surface area contributed by atoms with Crippen molar-refractivity contribution in [3.63, 3.8) is 0 Å². The highest BCUT2D eigenvalue weighted by atomic mass is 14.6. The molecule has 0 heterocycles. The van der Waals surface area contributed by atoms with Gasteiger partial charge in [0.15, 0.2) is 0 Å². The molecule has 0 saturated carbocycles. The maximum Gasteiger partial charge on any atom is 0.0379 e. The van der Waals surface area contributed by atoms with Gasteiger partial charge in [-0.05, 0) is 78.8 Å². The van der Waals surface area contributed by atoms with Crippen LogP contribution in [0.5, 0.6) is 0 Å². The summed E-state index contributed by atoms with van der Waals surface area (Å²) in [4.78, 5) is 0. The second-order valence-electron chi connectivity index (χ2n) is 7.85. The maximum atomic E-state index is 6.51. The van der Waals surface area contributed by atoms with Crippen LogP contribution in [-0.4, -0.2) is 0 Å². The molecule has 2 aromatic carbocycles. The van der Waals surface area contributed by atoms with Gasteiger partial charge in [0, 0.05) is 11.4 Å². The van der Waals surface area contributed by atoms with Gasteiger partial charge in [0.1, 0.15) is 0 Å². The molecule has 0 amide bonds. The molecule has 148 valence electrons. The zero-order chi connectivity index (χ0) is 19.6. The minimum Gasteiger partial charge on any atom is -0.399 e. The molecule has 0 saturated heterocycles. The molecule has 2 rings (SSSR count). The summed E-state index contributed by atoms with van der Waals surface area (Å²) < 4.78 is 0. The number of aryl methyl sites for hydroxylation is 3. The van der Waals surface area contributed by atoms with E-state index in [0.717, 1.165) is 37.1 Å². The highest BCUT2D eigenvalue weighted by molar-refractivity contribution is 5.57. The molecule has 0 spiro atoms. The van der Waals surface area contributed by atoms with Gasteiger partial charge < -0.3 is 11.5 Å². The summed E-state index contributed by atoms with van der Waals surface area (Å²) in [5, 5.41) is 0. The quantitative estimate of drug-likeness (QED) is 0.448. The first-order valence-corrected chi connectivity index (χ1v) is 10.9. The van der Waals surface area contributed by atoms with E-state index in [1.807, 2.05) is 0 Å². The number of hydrogen-bond donors (Lipinski definition) is 2. The zero-order valence-electron chi connectivity index (χ0n) is 17.6. The van der Waals surface area contributed by atoms with Crippen LogP contribution in [0.1, 0.15) is 87.1 Å². The number of hydrogen-bond acceptors (Lipinski definition) is 2. The van der Waals surface area contributed by atoms with E-state index >= 15 is 0 Å². The van der Waals surface area contributed by atoms with Crippen LogP contribution in [0, 0.1) is 0 Å². The van der Waals surface area contributed by atoms with E-state index in [2.05, 4.69) is 51.1 Å². The van der Waals surface area contributed by atoms with Crippen molar-refractivity contribution in [1.29, 1.82) is 0 Å². The fourth-order valence-corrected chi connectivity index (χ4v) is 3.69. The van der Waals surface area contributed by atoms with Crippen LogP contribution in [0.3, 0.4) is 0 Å². The average Bonchev–Trinajstić information content (AvgIpc) is 2.67. The molecule has 2 nitrogen and oxygen atoms in total. The van der Waals surface area contributed by atoms with E-state index in [9.17, 15) is 0 Å². The third kappa shape index (κ3) is 6.30. The summed E-state index contributed by atoms with van der Waals surface area (Å²) in [7, 11) is 0. The van der Waals surface area contributed by atoms with Crippen molar-refractivity contribution >= 4 is 11.4 Å². The number of nitrogen functional groups attached to an aromatic ring is 2. The standard InChI is InChI=1S/C25H38N2/c1-4-7-10-21-16-19(13-14-24(21)26)15-20-17-22(11-8-5-2)25(27)23(18-20)12-9-6-3/h13-14,16-18H,4-12,15,26-27H2,1-3H3. The maximum absolute atomic E-state index is 6.51. The largest absolute Gasteiger partial charge is 0.399 e. The Balaban J connectivity index is 2.28. The summed E-state index contributed by atoms with van der Waals surface area (Å²) in [6, 6.07) is 11.2. The van der Waals surface area contributed by atoms with Crippen molar-refractivity contribution in [1.82, 2.24) is 0 Å². The van der Waals surface area contributed by atoms with Crippen molar-refractivity contribution in [2.75, 3.05) is 11.5 Å². The highest BCUT2D eigenvalue weighted by Gasteiger charge is 2.10. The Morgan fingerprint density at radius 1 is 0.630 bits per heavy atom. The van der Waals surface area contributed by atoms with E-state index in [1.165, 1.54) is 66.3 Å². The SMILES string of the molecule is CCCCc1cc(Cc2cc(CCCC)c(N)c(CCCC)c2)ccc1N. The van der Waals surface area contributed by atoms with Gasteiger partial charge in [0.25, 0.3) is 0 Å². The van der Waals surface area contributed by atoms with Crippen LogP contribution in [0.4, 0.5) is 11.4 Å². The molecule has 2 aromatic rings. The van der Waals surface area contributed by atoms with Crippen LogP contribution in [0.2, 0.25) is 0 Å². The molecule has 0 aliphatic carbocycles. The fourth-order valence-electron chi connectivity index (χ4n) is 3.69. The number of nitrogens with two attached hydrogens (primary N) is 2. The molecule has 0 aliphatic rings. The van der Waals surface area contributed by atoms with Crippen LogP contribution in [-0.2, 0) is 25.7 Å². The Bertz CT molecular complexity index is 689. The number of rotatable bonds is 11. The lowest BCUT2D eigenvalue weighted by Crippen LogP contribution is -2.04. The molecule has 0 radical (unpaired) electrons. The first kappa shape index (κ1) is 21.3. The predicted octanol–water partition coefficient (Wildman–Crippen LogP) is 6.47. The summed E-state index contributed by atoms with van der Waals surface area (Å²) in [6.07, 6.45) is 11.4. The predicted molar refractivity (Wildman–Crippen MR) is 120 cm³/mol. The molecular formula is C25H38N2. The third-order valence-corrected chi connectivity index (χ3v) is 5.43. The summed E-state index contributed by atoms with van der Waals surface area (Å²) in [6.45, 7) is 6.71. The summed E-state index contributed by atoms with van der Waals surface area (Å²) in [5.41, 5.74) is 21.3. The van der Waals surface area contributed by atoms with E-state index in [1.54, 1.807) is 0 Å². The van der Waals surface area contributed by atoms with Gasteiger partial charge >= 0.3 is 0 Å². The smallest absolute Gasteiger partial charge is 0.0379 e. The van der Waals surface area contributed by atoms with Crippen LogP contribution >= 0.6 is 0 Å². The number of anilines is 2. The van der Waals surface area contributed by atoms with E-state index in [4.69, 9.17) is 11.5 Å². The zero-order valence-corrected chi connectivity index (χ0v) is 17.6. The molecule has 0 atom stereocenters. The molecule has 2 heteroatoms. The van der Waals surface area contributed by atoms with Gasteiger partial charge in [-0.2, -0.15) is 0 Å². The van der Waals surface area contributed by atoms with E-state index < -0.39 is 0 Å². The van der Waals surface area contributed by atoms with Crippen molar-refractivity contribution in [2.24, 2.45) is 0 Å².